The molecule has 2 rings (SSSR count). The Bertz CT molecular complexity index is 488. The van der Waals surface area contributed by atoms with Gasteiger partial charge in [0.05, 0.1) is 0 Å². The van der Waals surface area contributed by atoms with E-state index in [4.69, 9.17) is 0 Å². The van der Waals surface area contributed by atoms with Crippen LogP contribution in [0.25, 0.3) is 0 Å². The smallest absolute Gasteiger partial charge is 0.270 e. The lowest BCUT2D eigenvalue weighted by atomic mass is 9.95. The summed E-state index contributed by atoms with van der Waals surface area (Å²) in [6.07, 6.45) is 6.95. The number of allylic oxidation sites excluding steroid dienone is 1. The minimum Gasteiger partial charge on any atom is -0.345 e. The van der Waals surface area contributed by atoms with Gasteiger partial charge in [0, 0.05) is 11.7 Å². The summed E-state index contributed by atoms with van der Waals surface area (Å²) in [6.45, 7) is 5.71. The summed E-state index contributed by atoms with van der Waals surface area (Å²) in [4.78, 5) is 20.5. The average Bonchev–Trinajstić information content (AvgIpc) is 2.38. The molecule has 1 heterocycles. The Kier molecular flexibility index (Phi) is 4.30. The molecule has 0 radical (unpaired) electrons. The minimum absolute atomic E-state index is 0.0865. The van der Waals surface area contributed by atoms with E-state index in [1.807, 2.05) is 13.8 Å². The number of hydrogen-bond donors (Lipinski definition) is 1. The summed E-state index contributed by atoms with van der Waals surface area (Å²) in [7, 11) is 0. The number of nitrogens with one attached hydrogen (secondary N) is 1. The SMILES string of the molecule is Cc1cc(C(=O)N[C@@H](C)C2=CCCCC2)nc(C)n1. The number of carbonyl (C=O) groups excluding carboxylic acids is 1. The zero-order valence-corrected chi connectivity index (χ0v) is 11.9. The molecular formula is C15H21N3O. The van der Waals surface area contributed by atoms with Gasteiger partial charge in [0.2, 0.25) is 0 Å². The lowest BCUT2D eigenvalue weighted by Gasteiger charge is -2.20. The minimum atomic E-state index is -0.118. The highest BCUT2D eigenvalue weighted by Gasteiger charge is 2.16. The molecule has 0 saturated carbocycles. The van der Waals surface area contributed by atoms with Crippen molar-refractivity contribution in [2.24, 2.45) is 0 Å². The Morgan fingerprint density at radius 1 is 1.32 bits per heavy atom. The maximum Gasteiger partial charge on any atom is 0.270 e. The molecule has 0 saturated heterocycles. The van der Waals surface area contributed by atoms with Crippen molar-refractivity contribution in [3.8, 4) is 0 Å². The summed E-state index contributed by atoms with van der Waals surface area (Å²) >= 11 is 0. The summed E-state index contributed by atoms with van der Waals surface area (Å²) in [5.41, 5.74) is 2.61. The first-order valence-corrected chi connectivity index (χ1v) is 6.88. The van der Waals surface area contributed by atoms with Gasteiger partial charge in [-0.3, -0.25) is 4.79 Å². The topological polar surface area (TPSA) is 54.9 Å². The fraction of sp³-hybridized carbons (Fsp3) is 0.533. The molecular weight excluding hydrogens is 238 g/mol. The highest BCUT2D eigenvalue weighted by molar-refractivity contribution is 5.92. The average molecular weight is 259 g/mol. The molecule has 0 aliphatic heterocycles. The first-order valence-electron chi connectivity index (χ1n) is 6.88. The van der Waals surface area contributed by atoms with E-state index in [0.717, 1.165) is 18.5 Å². The number of nitrogens with zero attached hydrogens (tertiary/aromatic N) is 2. The summed E-state index contributed by atoms with van der Waals surface area (Å²) < 4.78 is 0. The van der Waals surface area contributed by atoms with Crippen LogP contribution in [0.2, 0.25) is 0 Å². The standard InChI is InChI=1S/C15H21N3O/c1-10-9-14(18-12(3)16-10)15(19)17-11(2)13-7-5-4-6-8-13/h7,9,11H,4-6,8H2,1-3H3,(H,17,19)/t11-/m0/s1. The van der Waals surface area contributed by atoms with E-state index >= 15 is 0 Å². The first-order chi connectivity index (χ1) is 9.06. The highest BCUT2D eigenvalue weighted by Crippen LogP contribution is 2.20. The van der Waals surface area contributed by atoms with E-state index in [9.17, 15) is 4.79 Å². The quantitative estimate of drug-likeness (QED) is 0.849. The van der Waals surface area contributed by atoms with E-state index in [1.165, 1.54) is 18.4 Å². The molecule has 19 heavy (non-hydrogen) atoms. The second-order valence-electron chi connectivity index (χ2n) is 5.16. The van der Waals surface area contributed by atoms with E-state index in [-0.39, 0.29) is 11.9 Å². The van der Waals surface area contributed by atoms with Gasteiger partial charge >= 0.3 is 0 Å². The number of hydrogen-bond acceptors (Lipinski definition) is 3. The number of carbonyl (C=O) groups is 1. The van der Waals surface area contributed by atoms with E-state index in [0.29, 0.717) is 11.5 Å². The van der Waals surface area contributed by atoms with Crippen molar-refractivity contribution < 1.29 is 4.79 Å². The number of aryl methyl sites for hydroxylation is 2. The maximum absolute atomic E-state index is 12.2. The van der Waals surface area contributed by atoms with Gasteiger partial charge in [0.25, 0.3) is 5.91 Å². The van der Waals surface area contributed by atoms with Crippen LogP contribution in [0, 0.1) is 13.8 Å². The molecule has 1 aliphatic carbocycles. The van der Waals surface area contributed by atoms with E-state index < -0.39 is 0 Å². The van der Waals surface area contributed by atoms with Crippen LogP contribution in [0.4, 0.5) is 0 Å². The first kappa shape index (κ1) is 13.7. The summed E-state index contributed by atoms with van der Waals surface area (Å²) in [6, 6.07) is 1.81. The Balaban J connectivity index is 2.05. The molecule has 1 aromatic heterocycles. The van der Waals surface area contributed by atoms with E-state index in [2.05, 4.69) is 21.4 Å². The fourth-order valence-electron chi connectivity index (χ4n) is 2.45. The molecule has 1 atom stereocenters. The van der Waals surface area contributed by atoms with Crippen molar-refractivity contribution in [3.05, 3.63) is 34.9 Å². The second kappa shape index (κ2) is 5.95. The number of aromatic nitrogens is 2. The fourth-order valence-corrected chi connectivity index (χ4v) is 2.45. The molecule has 0 fully saturated rings. The zero-order valence-electron chi connectivity index (χ0n) is 11.9. The molecule has 1 aliphatic rings. The van der Waals surface area contributed by atoms with Crippen LogP contribution in [0.15, 0.2) is 17.7 Å². The Morgan fingerprint density at radius 3 is 2.74 bits per heavy atom. The monoisotopic (exact) mass is 259 g/mol. The molecule has 4 heteroatoms. The molecule has 1 aromatic rings. The van der Waals surface area contributed by atoms with E-state index in [1.54, 1.807) is 13.0 Å². The number of rotatable bonds is 3. The lowest BCUT2D eigenvalue weighted by Crippen LogP contribution is -2.35. The third-order valence-corrected chi connectivity index (χ3v) is 3.43. The highest BCUT2D eigenvalue weighted by atomic mass is 16.1. The van der Waals surface area contributed by atoms with Gasteiger partial charge in [0.15, 0.2) is 0 Å². The third kappa shape index (κ3) is 3.63. The van der Waals surface area contributed by atoms with Crippen molar-refractivity contribution in [3.63, 3.8) is 0 Å². The van der Waals surface area contributed by atoms with Gasteiger partial charge in [-0.15, -0.1) is 0 Å². The second-order valence-corrected chi connectivity index (χ2v) is 5.16. The largest absolute Gasteiger partial charge is 0.345 e. The molecule has 4 nitrogen and oxygen atoms in total. The molecule has 1 amide bonds. The van der Waals surface area contributed by atoms with Crippen LogP contribution < -0.4 is 5.32 Å². The van der Waals surface area contributed by atoms with Crippen molar-refractivity contribution in [1.29, 1.82) is 0 Å². The Labute approximate surface area is 114 Å². The molecule has 0 aromatic carbocycles. The number of amides is 1. The molecule has 0 unspecified atom stereocenters. The Morgan fingerprint density at radius 2 is 2.11 bits per heavy atom. The summed E-state index contributed by atoms with van der Waals surface area (Å²) in [5.74, 6) is 0.516. The van der Waals surface area contributed by atoms with Crippen LogP contribution >= 0.6 is 0 Å². The van der Waals surface area contributed by atoms with Crippen LogP contribution in [0.1, 0.15) is 54.6 Å². The maximum atomic E-state index is 12.2. The van der Waals surface area contributed by atoms with Crippen molar-refractivity contribution in [2.45, 2.75) is 52.5 Å². The van der Waals surface area contributed by atoms with Gasteiger partial charge in [0.1, 0.15) is 11.5 Å². The van der Waals surface area contributed by atoms with Crippen LogP contribution in [-0.4, -0.2) is 21.9 Å². The van der Waals surface area contributed by atoms with Gasteiger partial charge in [-0.1, -0.05) is 11.6 Å². The third-order valence-electron chi connectivity index (χ3n) is 3.43. The molecule has 1 N–H and O–H groups in total. The summed E-state index contributed by atoms with van der Waals surface area (Å²) in [5, 5.41) is 3.02. The van der Waals surface area contributed by atoms with Crippen LogP contribution in [0.5, 0.6) is 0 Å². The predicted molar refractivity (Wildman–Crippen MR) is 75.0 cm³/mol. The van der Waals surface area contributed by atoms with Gasteiger partial charge in [-0.25, -0.2) is 9.97 Å². The van der Waals surface area contributed by atoms with Crippen LogP contribution in [0.3, 0.4) is 0 Å². The predicted octanol–water partition coefficient (Wildman–Crippen LogP) is 2.71. The van der Waals surface area contributed by atoms with Gasteiger partial charge < -0.3 is 5.32 Å². The van der Waals surface area contributed by atoms with Crippen LogP contribution in [-0.2, 0) is 0 Å². The normalized spacial score (nSPS) is 16.7. The molecule has 102 valence electrons. The lowest BCUT2D eigenvalue weighted by molar-refractivity contribution is 0.0939. The molecule has 0 bridgehead atoms. The van der Waals surface area contributed by atoms with Crippen molar-refractivity contribution in [2.75, 3.05) is 0 Å². The van der Waals surface area contributed by atoms with Crippen molar-refractivity contribution >= 4 is 5.91 Å². The zero-order chi connectivity index (χ0) is 13.8. The van der Waals surface area contributed by atoms with Gasteiger partial charge in [-0.05, 0) is 52.5 Å². The van der Waals surface area contributed by atoms with Gasteiger partial charge in [-0.2, -0.15) is 0 Å². The van der Waals surface area contributed by atoms with Crippen molar-refractivity contribution in [1.82, 2.24) is 15.3 Å². The Hall–Kier alpha value is -1.71. The molecule has 0 spiro atoms.